The molecule has 2 aliphatic heterocycles. The lowest BCUT2D eigenvalue weighted by Crippen LogP contribution is -2.33. The van der Waals surface area contributed by atoms with Gasteiger partial charge in [-0.15, -0.1) is 0 Å². The summed E-state index contributed by atoms with van der Waals surface area (Å²) in [6.07, 6.45) is 0.368. The van der Waals surface area contributed by atoms with E-state index in [0.29, 0.717) is 11.5 Å². The SMILES string of the molecule is COc1ccc([C@H]2Oc3c(OC)cccc3[C@H]3CC(c4ccccc4)=NN32)cc1OC. The summed E-state index contributed by atoms with van der Waals surface area (Å²) >= 11 is 0. The molecule has 0 fully saturated rings. The highest BCUT2D eigenvalue weighted by Crippen LogP contribution is 2.51. The van der Waals surface area contributed by atoms with Gasteiger partial charge < -0.3 is 18.9 Å². The number of hydrazone groups is 1. The number of fused-ring (bicyclic) bond motifs is 3. The Morgan fingerprint density at radius 1 is 0.839 bits per heavy atom. The summed E-state index contributed by atoms with van der Waals surface area (Å²) in [4.78, 5) is 0. The topological polar surface area (TPSA) is 52.5 Å². The van der Waals surface area contributed by atoms with Crippen LogP contribution in [0.2, 0.25) is 0 Å². The van der Waals surface area contributed by atoms with Crippen LogP contribution >= 0.6 is 0 Å². The summed E-state index contributed by atoms with van der Waals surface area (Å²) in [6.45, 7) is 0. The number of benzene rings is 3. The molecule has 0 radical (unpaired) electrons. The third kappa shape index (κ3) is 3.24. The van der Waals surface area contributed by atoms with E-state index in [-0.39, 0.29) is 6.04 Å². The third-order valence-corrected chi connectivity index (χ3v) is 5.80. The standard InChI is InChI=1S/C25H24N2O4/c1-28-21-13-12-17(14-23(21)30-3)25-27-20(15-19(26-27)16-8-5-4-6-9-16)18-10-7-11-22(29-2)24(18)31-25/h4-14,20,25H,15H2,1-3H3/t20-,25-/m1/s1. The lowest BCUT2D eigenvalue weighted by molar-refractivity contribution is -0.0210. The molecule has 0 aliphatic carbocycles. The molecule has 6 nitrogen and oxygen atoms in total. The van der Waals surface area contributed by atoms with Gasteiger partial charge in [-0.1, -0.05) is 42.5 Å². The first-order valence-electron chi connectivity index (χ1n) is 10.2. The molecule has 0 N–H and O–H groups in total. The molecular formula is C25H24N2O4. The van der Waals surface area contributed by atoms with Crippen LogP contribution in [-0.2, 0) is 0 Å². The zero-order valence-corrected chi connectivity index (χ0v) is 17.7. The summed E-state index contributed by atoms with van der Waals surface area (Å²) in [5, 5.41) is 7.05. The minimum Gasteiger partial charge on any atom is -0.493 e. The molecule has 0 aromatic heterocycles. The van der Waals surface area contributed by atoms with Gasteiger partial charge in [-0.05, 0) is 29.8 Å². The number of hydrogen-bond acceptors (Lipinski definition) is 6. The zero-order valence-electron chi connectivity index (χ0n) is 17.7. The minimum atomic E-state index is -0.421. The van der Waals surface area contributed by atoms with Crippen molar-refractivity contribution in [3.63, 3.8) is 0 Å². The van der Waals surface area contributed by atoms with E-state index in [1.807, 2.05) is 53.5 Å². The van der Waals surface area contributed by atoms with Crippen molar-refractivity contribution < 1.29 is 18.9 Å². The van der Waals surface area contributed by atoms with Gasteiger partial charge in [0.25, 0.3) is 0 Å². The smallest absolute Gasteiger partial charge is 0.214 e. The Balaban J connectivity index is 1.62. The summed E-state index contributed by atoms with van der Waals surface area (Å²) in [5.74, 6) is 2.80. The molecule has 6 heteroatoms. The highest BCUT2D eigenvalue weighted by molar-refractivity contribution is 6.01. The maximum Gasteiger partial charge on any atom is 0.214 e. The highest BCUT2D eigenvalue weighted by Gasteiger charge is 2.42. The van der Waals surface area contributed by atoms with Crippen LogP contribution in [0.25, 0.3) is 0 Å². The summed E-state index contributed by atoms with van der Waals surface area (Å²) in [7, 11) is 4.92. The lowest BCUT2D eigenvalue weighted by Gasteiger charge is -2.38. The van der Waals surface area contributed by atoms with E-state index in [4.69, 9.17) is 24.0 Å². The molecule has 3 aromatic rings. The molecular weight excluding hydrogens is 392 g/mol. The van der Waals surface area contributed by atoms with Gasteiger partial charge in [-0.2, -0.15) is 5.10 Å². The number of rotatable bonds is 5. The van der Waals surface area contributed by atoms with Gasteiger partial charge >= 0.3 is 0 Å². The maximum absolute atomic E-state index is 6.51. The van der Waals surface area contributed by atoms with Crippen LogP contribution < -0.4 is 18.9 Å². The normalized spacial score (nSPS) is 19.1. The molecule has 0 saturated carbocycles. The summed E-state index contributed by atoms with van der Waals surface area (Å²) in [6, 6.07) is 22.1. The van der Waals surface area contributed by atoms with Gasteiger partial charge in [-0.25, -0.2) is 5.01 Å². The Morgan fingerprint density at radius 3 is 2.35 bits per heavy atom. The molecule has 158 valence electrons. The average molecular weight is 416 g/mol. The molecule has 0 unspecified atom stereocenters. The Bertz CT molecular complexity index is 1130. The van der Waals surface area contributed by atoms with Crippen LogP contribution in [-0.4, -0.2) is 32.0 Å². The fourth-order valence-corrected chi connectivity index (χ4v) is 4.28. The summed E-state index contributed by atoms with van der Waals surface area (Å²) in [5.41, 5.74) is 4.16. The number of ether oxygens (including phenoxy) is 4. The minimum absolute atomic E-state index is 0.0483. The van der Waals surface area contributed by atoms with E-state index in [1.165, 1.54) is 0 Å². The Kier molecular flexibility index (Phi) is 4.90. The highest BCUT2D eigenvalue weighted by atomic mass is 16.5. The summed E-state index contributed by atoms with van der Waals surface area (Å²) < 4.78 is 23.1. The van der Waals surface area contributed by atoms with Crippen LogP contribution in [0.15, 0.2) is 71.8 Å². The number of para-hydroxylation sites is 1. The quantitative estimate of drug-likeness (QED) is 0.589. The van der Waals surface area contributed by atoms with Crippen LogP contribution in [0.1, 0.15) is 35.4 Å². The molecule has 0 amide bonds. The van der Waals surface area contributed by atoms with Crippen molar-refractivity contribution in [2.75, 3.05) is 21.3 Å². The zero-order chi connectivity index (χ0) is 21.4. The van der Waals surface area contributed by atoms with Crippen LogP contribution in [0.5, 0.6) is 23.0 Å². The van der Waals surface area contributed by atoms with E-state index in [2.05, 4.69) is 18.2 Å². The van der Waals surface area contributed by atoms with Crippen LogP contribution in [0, 0.1) is 0 Å². The molecule has 0 saturated heterocycles. The van der Waals surface area contributed by atoms with Crippen molar-refractivity contribution in [3.8, 4) is 23.0 Å². The van der Waals surface area contributed by atoms with E-state index >= 15 is 0 Å². The van der Waals surface area contributed by atoms with Gasteiger partial charge in [0.05, 0.1) is 33.1 Å². The first-order chi connectivity index (χ1) is 15.2. The predicted octanol–water partition coefficient (Wildman–Crippen LogP) is 4.95. The van der Waals surface area contributed by atoms with Gasteiger partial charge in [0.15, 0.2) is 23.0 Å². The van der Waals surface area contributed by atoms with Crippen molar-refractivity contribution in [1.82, 2.24) is 5.01 Å². The first kappa shape index (κ1) is 19.3. The largest absolute Gasteiger partial charge is 0.493 e. The van der Waals surface area contributed by atoms with Gasteiger partial charge in [0.1, 0.15) is 0 Å². The molecule has 2 aliphatic rings. The average Bonchev–Trinajstić information content (AvgIpc) is 3.29. The first-order valence-corrected chi connectivity index (χ1v) is 10.2. The molecule has 0 spiro atoms. The number of nitrogens with zero attached hydrogens (tertiary/aromatic N) is 2. The monoisotopic (exact) mass is 416 g/mol. The van der Waals surface area contributed by atoms with E-state index < -0.39 is 6.23 Å². The van der Waals surface area contributed by atoms with Crippen LogP contribution in [0.4, 0.5) is 0 Å². The third-order valence-electron chi connectivity index (χ3n) is 5.80. The molecule has 2 heterocycles. The molecule has 3 aromatic carbocycles. The van der Waals surface area contributed by atoms with Crippen molar-refractivity contribution in [2.24, 2.45) is 5.10 Å². The fraction of sp³-hybridized carbons (Fsp3) is 0.240. The maximum atomic E-state index is 6.51. The lowest BCUT2D eigenvalue weighted by atomic mass is 9.95. The van der Waals surface area contributed by atoms with Gasteiger partial charge in [0.2, 0.25) is 6.23 Å². The Hall–Kier alpha value is -3.67. The van der Waals surface area contributed by atoms with E-state index in [9.17, 15) is 0 Å². The van der Waals surface area contributed by atoms with E-state index in [0.717, 1.165) is 40.3 Å². The van der Waals surface area contributed by atoms with Gasteiger partial charge in [0, 0.05) is 17.5 Å². The van der Waals surface area contributed by atoms with Crippen LogP contribution in [0.3, 0.4) is 0 Å². The van der Waals surface area contributed by atoms with Crippen molar-refractivity contribution >= 4 is 5.71 Å². The second kappa shape index (κ2) is 7.87. The second-order valence-corrected chi connectivity index (χ2v) is 7.48. The second-order valence-electron chi connectivity index (χ2n) is 7.48. The van der Waals surface area contributed by atoms with Crippen molar-refractivity contribution in [2.45, 2.75) is 18.7 Å². The molecule has 0 bridgehead atoms. The van der Waals surface area contributed by atoms with Crippen molar-refractivity contribution in [1.29, 1.82) is 0 Å². The number of methoxy groups -OCH3 is 3. The number of hydrogen-bond donors (Lipinski definition) is 0. The molecule has 5 rings (SSSR count). The molecule has 31 heavy (non-hydrogen) atoms. The Morgan fingerprint density at radius 2 is 1.61 bits per heavy atom. The van der Waals surface area contributed by atoms with E-state index in [1.54, 1.807) is 21.3 Å². The van der Waals surface area contributed by atoms with Crippen molar-refractivity contribution in [3.05, 3.63) is 83.4 Å². The predicted molar refractivity (Wildman–Crippen MR) is 118 cm³/mol. The molecule has 2 atom stereocenters. The Labute approximate surface area is 181 Å². The van der Waals surface area contributed by atoms with Gasteiger partial charge in [-0.3, -0.25) is 0 Å². The fourth-order valence-electron chi connectivity index (χ4n) is 4.28.